The van der Waals surface area contributed by atoms with E-state index in [1.54, 1.807) is 12.3 Å². The third kappa shape index (κ3) is 11.5. The summed E-state index contributed by atoms with van der Waals surface area (Å²) in [5.41, 5.74) is 4.26. The van der Waals surface area contributed by atoms with Gasteiger partial charge >= 0.3 is 0 Å². The van der Waals surface area contributed by atoms with Crippen LogP contribution in [-0.4, -0.2) is 119 Å². The second kappa shape index (κ2) is 20.4. The van der Waals surface area contributed by atoms with Crippen LogP contribution in [0.4, 0.5) is 16.0 Å². The van der Waals surface area contributed by atoms with Crippen LogP contribution in [0.3, 0.4) is 0 Å². The summed E-state index contributed by atoms with van der Waals surface area (Å²) >= 11 is 0. The summed E-state index contributed by atoms with van der Waals surface area (Å²) in [5, 5.41) is 16.9. The average Bonchev–Trinajstić information content (AvgIpc) is 3.90. The first kappa shape index (κ1) is 42.3. The highest BCUT2D eigenvalue weighted by Gasteiger charge is 2.40. The van der Waals surface area contributed by atoms with E-state index in [9.17, 15) is 23.6 Å². The van der Waals surface area contributed by atoms with Crippen LogP contribution in [0.15, 0.2) is 30.6 Å². The topological polar surface area (TPSA) is 191 Å². The maximum absolute atomic E-state index is 14.8. The Kier molecular flexibility index (Phi) is 14.6. The summed E-state index contributed by atoms with van der Waals surface area (Å²) in [6, 6.07) is 5.27. The van der Waals surface area contributed by atoms with Crippen LogP contribution < -0.4 is 21.3 Å². The number of Topliss-reactive ketones (excluding diaryl/α,β-unsaturated/α-hetero) is 1. The van der Waals surface area contributed by atoms with Gasteiger partial charge in [0.2, 0.25) is 17.8 Å². The first-order chi connectivity index (χ1) is 28.7. The Labute approximate surface area is 343 Å². The average molecular weight is 818 g/mol. The van der Waals surface area contributed by atoms with E-state index in [0.29, 0.717) is 102 Å². The number of aromatic nitrogens is 4. The molecule has 3 amide bonds. The molecular formula is C42H56FN9O7. The van der Waals surface area contributed by atoms with Crippen molar-refractivity contribution in [1.29, 1.82) is 0 Å². The van der Waals surface area contributed by atoms with Gasteiger partial charge in [-0.25, -0.2) is 14.4 Å². The number of carbonyl (C=O) groups excluding carboxylic acids is 4. The number of nitrogens with zero attached hydrogens (tertiary/aromatic N) is 5. The van der Waals surface area contributed by atoms with Gasteiger partial charge in [0.1, 0.15) is 17.5 Å². The van der Waals surface area contributed by atoms with E-state index >= 15 is 0 Å². The molecule has 3 fully saturated rings. The van der Waals surface area contributed by atoms with E-state index in [4.69, 9.17) is 14.2 Å². The Morgan fingerprint density at radius 1 is 0.915 bits per heavy atom. The van der Waals surface area contributed by atoms with Gasteiger partial charge in [-0.15, -0.1) is 0 Å². The van der Waals surface area contributed by atoms with E-state index in [2.05, 4.69) is 36.3 Å². The van der Waals surface area contributed by atoms with Crippen molar-refractivity contribution in [2.75, 3.05) is 63.4 Å². The zero-order valence-corrected chi connectivity index (χ0v) is 33.8. The second-order valence-electron chi connectivity index (χ2n) is 15.9. The number of hydrogen-bond acceptors (Lipinski definition) is 13. The molecule has 7 rings (SSSR count). The maximum atomic E-state index is 14.8. The highest BCUT2D eigenvalue weighted by Crippen LogP contribution is 2.36. The zero-order chi connectivity index (χ0) is 41.1. The van der Waals surface area contributed by atoms with Crippen molar-refractivity contribution >= 4 is 35.1 Å². The molecule has 2 aliphatic heterocycles. The predicted octanol–water partition coefficient (Wildman–Crippen LogP) is 3.55. The smallest absolute Gasteiger partial charge is 0.255 e. The van der Waals surface area contributed by atoms with Crippen LogP contribution in [0, 0.1) is 11.7 Å². The Hall–Kier alpha value is -4.84. The number of halogens is 1. The number of benzene rings is 1. The molecule has 4 heterocycles. The van der Waals surface area contributed by atoms with Gasteiger partial charge in [0.15, 0.2) is 5.82 Å². The minimum atomic E-state index is -0.648. The standard InChI is InChI=1S/C42H56FN9O7/c1-51-37(22-27-7-8-27)32(24-47-51)39-34(43)25-46-42(50-39)48-29-11-9-28(10-12-29)45-23-30(53)4-3-16-57-18-20-59-21-19-58-17-15-44-35-6-2-5-31-33(35)26-52(41(31)56)36-13-14-38(54)49-40(36)55/h2,5-6,24-25,27-29,36,44-45H,3-4,7-23,26H2,1H3,(H,46,48,50)(H,49,54,55). The van der Waals surface area contributed by atoms with Crippen molar-refractivity contribution in [2.45, 2.75) is 95.3 Å². The number of hydrogen-bond donors (Lipinski definition) is 4. The van der Waals surface area contributed by atoms with Gasteiger partial charge in [-0.2, -0.15) is 5.10 Å². The minimum Gasteiger partial charge on any atom is -0.382 e. The lowest BCUT2D eigenvalue weighted by Gasteiger charge is -2.29. The first-order valence-electron chi connectivity index (χ1n) is 21.0. The monoisotopic (exact) mass is 817 g/mol. The Balaban J connectivity index is 0.681. The fourth-order valence-electron chi connectivity index (χ4n) is 8.02. The molecule has 0 spiro atoms. The maximum Gasteiger partial charge on any atom is 0.255 e. The molecule has 318 valence electrons. The quantitative estimate of drug-likeness (QED) is 0.0804. The number of aryl methyl sites for hydroxylation is 1. The van der Waals surface area contributed by atoms with E-state index in [1.807, 2.05) is 23.9 Å². The summed E-state index contributed by atoms with van der Waals surface area (Å²) < 4.78 is 33.6. The molecule has 1 unspecified atom stereocenters. The van der Waals surface area contributed by atoms with Gasteiger partial charge in [-0.3, -0.25) is 29.2 Å². The van der Waals surface area contributed by atoms with Crippen molar-refractivity contribution in [2.24, 2.45) is 13.0 Å². The van der Waals surface area contributed by atoms with Gasteiger partial charge in [-0.1, -0.05) is 6.07 Å². The molecule has 0 radical (unpaired) electrons. The van der Waals surface area contributed by atoms with E-state index in [-0.39, 0.29) is 36.1 Å². The van der Waals surface area contributed by atoms with Crippen LogP contribution in [0.1, 0.15) is 85.8 Å². The fraction of sp³-hybridized carbons (Fsp3) is 0.595. The molecule has 1 saturated heterocycles. The number of ether oxygens (including phenoxy) is 3. The molecule has 4 N–H and O–H groups in total. The molecule has 3 aromatic rings. The fourth-order valence-corrected chi connectivity index (χ4v) is 8.02. The molecule has 59 heavy (non-hydrogen) atoms. The van der Waals surface area contributed by atoms with Gasteiger partial charge in [0.05, 0.1) is 52.0 Å². The molecule has 0 bridgehead atoms. The molecule has 1 aromatic carbocycles. The number of fused-ring (bicyclic) bond motifs is 1. The zero-order valence-electron chi connectivity index (χ0n) is 33.8. The van der Waals surface area contributed by atoms with E-state index in [1.165, 1.54) is 23.9 Å². The van der Waals surface area contributed by atoms with Crippen LogP contribution in [0.2, 0.25) is 0 Å². The Morgan fingerprint density at radius 3 is 2.42 bits per heavy atom. The van der Waals surface area contributed by atoms with Crippen LogP contribution in [0.5, 0.6) is 0 Å². The molecule has 17 heteroatoms. The van der Waals surface area contributed by atoms with Crippen molar-refractivity contribution < 1.29 is 37.8 Å². The Morgan fingerprint density at radius 2 is 1.66 bits per heavy atom. The van der Waals surface area contributed by atoms with Gasteiger partial charge in [0.25, 0.3) is 5.91 Å². The Bertz CT molecular complexity index is 1950. The van der Waals surface area contributed by atoms with Crippen molar-refractivity contribution in [3.05, 3.63) is 53.2 Å². The van der Waals surface area contributed by atoms with Crippen molar-refractivity contribution in [1.82, 2.24) is 35.3 Å². The summed E-state index contributed by atoms with van der Waals surface area (Å²) in [7, 11) is 1.89. The first-order valence-corrected chi connectivity index (χ1v) is 21.0. The van der Waals surface area contributed by atoms with Crippen molar-refractivity contribution in [3.8, 4) is 11.3 Å². The summed E-state index contributed by atoms with van der Waals surface area (Å²) in [4.78, 5) is 59.7. The second-order valence-corrected chi connectivity index (χ2v) is 15.9. The number of nitrogens with one attached hydrogen (secondary N) is 4. The van der Waals surface area contributed by atoms with Crippen LogP contribution in [0.25, 0.3) is 11.3 Å². The van der Waals surface area contributed by atoms with E-state index in [0.717, 1.165) is 54.6 Å². The lowest BCUT2D eigenvalue weighted by molar-refractivity contribution is -0.137. The van der Waals surface area contributed by atoms with Crippen LogP contribution in [-0.2, 0) is 48.6 Å². The lowest BCUT2D eigenvalue weighted by atomic mass is 9.91. The van der Waals surface area contributed by atoms with Gasteiger partial charge in [0, 0.05) is 79.7 Å². The molecule has 2 aliphatic carbocycles. The minimum absolute atomic E-state index is 0.166. The van der Waals surface area contributed by atoms with Crippen LogP contribution >= 0.6 is 0 Å². The molecule has 16 nitrogen and oxygen atoms in total. The molecular weight excluding hydrogens is 762 g/mol. The normalized spacial score (nSPS) is 20.5. The van der Waals surface area contributed by atoms with Crippen molar-refractivity contribution in [3.63, 3.8) is 0 Å². The number of imide groups is 1. The highest BCUT2D eigenvalue weighted by molar-refractivity contribution is 6.06. The number of piperidine rings is 1. The van der Waals surface area contributed by atoms with Gasteiger partial charge in [-0.05, 0) is 75.8 Å². The SMILES string of the molecule is Cn1ncc(-c2nc(NC3CCC(NCC(=O)CCCOCCOCCOCCNc4cccc5c4CN(C4CCC(=O)NC4=O)C5=O)CC3)ncc2F)c1CC1CC1. The number of anilines is 2. The van der Waals surface area contributed by atoms with Gasteiger partial charge < -0.3 is 35.1 Å². The lowest BCUT2D eigenvalue weighted by Crippen LogP contribution is -2.52. The third-order valence-electron chi connectivity index (χ3n) is 11.5. The highest BCUT2D eigenvalue weighted by atomic mass is 19.1. The third-order valence-corrected chi connectivity index (χ3v) is 11.5. The molecule has 2 aromatic heterocycles. The molecule has 1 atom stereocenters. The summed E-state index contributed by atoms with van der Waals surface area (Å²) in [5.74, 6) is -0.147. The molecule has 2 saturated carbocycles. The van der Waals surface area contributed by atoms with E-state index < -0.39 is 17.8 Å². The summed E-state index contributed by atoms with van der Waals surface area (Å²) in [6.07, 6.45) is 11.5. The molecule has 4 aliphatic rings. The number of amides is 3. The number of ketones is 1. The largest absolute Gasteiger partial charge is 0.382 e. The summed E-state index contributed by atoms with van der Waals surface area (Å²) in [6.45, 7) is 3.84. The number of carbonyl (C=O) groups is 4. The predicted molar refractivity (Wildman–Crippen MR) is 216 cm³/mol. The number of rotatable bonds is 23.